The molecule has 1 saturated heterocycles. The van der Waals surface area contributed by atoms with Gasteiger partial charge in [-0.1, -0.05) is 6.92 Å². The van der Waals surface area contributed by atoms with E-state index < -0.39 is 5.67 Å². The van der Waals surface area contributed by atoms with Crippen LogP contribution in [0.1, 0.15) is 29.5 Å². The van der Waals surface area contributed by atoms with Gasteiger partial charge in [-0.3, -0.25) is 0 Å². The molecular weight excluding hydrogens is 209 g/mol. The molecule has 1 aromatic rings. The maximum Gasteiger partial charge on any atom is 0.128 e. The van der Waals surface area contributed by atoms with Crippen LogP contribution in [-0.4, -0.2) is 18.8 Å². The quantitative estimate of drug-likeness (QED) is 0.837. The first-order chi connectivity index (χ1) is 7.22. The van der Waals surface area contributed by atoms with Crippen LogP contribution in [0, 0.1) is 0 Å². The zero-order chi connectivity index (χ0) is 10.7. The van der Waals surface area contributed by atoms with E-state index in [0.29, 0.717) is 19.4 Å². The van der Waals surface area contributed by atoms with Crippen molar-refractivity contribution < 1.29 is 4.39 Å². The maximum absolute atomic E-state index is 14.3. The van der Waals surface area contributed by atoms with Crippen LogP contribution in [0.5, 0.6) is 0 Å². The third kappa shape index (κ3) is 2.79. The Balaban J connectivity index is 2.00. The van der Waals surface area contributed by atoms with E-state index in [1.54, 1.807) is 11.3 Å². The molecule has 1 atom stereocenters. The summed E-state index contributed by atoms with van der Waals surface area (Å²) < 4.78 is 14.3. The Kier molecular flexibility index (Phi) is 3.42. The Morgan fingerprint density at radius 1 is 1.47 bits per heavy atom. The highest BCUT2D eigenvalue weighted by atomic mass is 32.1. The molecule has 2 heterocycles. The van der Waals surface area contributed by atoms with E-state index in [1.165, 1.54) is 9.75 Å². The summed E-state index contributed by atoms with van der Waals surface area (Å²) in [5.41, 5.74) is -1.01. The van der Waals surface area contributed by atoms with Gasteiger partial charge in [0.05, 0.1) is 0 Å². The van der Waals surface area contributed by atoms with E-state index in [4.69, 9.17) is 0 Å². The number of aryl methyl sites for hydroxylation is 1. The lowest BCUT2D eigenvalue weighted by Crippen LogP contribution is -2.43. The van der Waals surface area contributed by atoms with Gasteiger partial charge in [0.2, 0.25) is 0 Å². The van der Waals surface area contributed by atoms with Crippen molar-refractivity contribution in [3.05, 3.63) is 21.9 Å². The first-order valence-corrected chi connectivity index (χ1v) is 6.51. The molecule has 0 aliphatic carbocycles. The lowest BCUT2D eigenvalue weighted by atomic mass is 9.92. The van der Waals surface area contributed by atoms with Gasteiger partial charge in [-0.15, -0.1) is 11.3 Å². The van der Waals surface area contributed by atoms with E-state index in [-0.39, 0.29) is 0 Å². The predicted molar refractivity (Wildman–Crippen MR) is 63.3 cm³/mol. The van der Waals surface area contributed by atoms with Crippen LogP contribution in [0.15, 0.2) is 12.1 Å². The Morgan fingerprint density at radius 2 is 2.27 bits per heavy atom. The Labute approximate surface area is 94.7 Å². The molecule has 3 heteroatoms. The van der Waals surface area contributed by atoms with Crippen LogP contribution in [0.2, 0.25) is 0 Å². The van der Waals surface area contributed by atoms with Crippen LogP contribution < -0.4 is 5.32 Å². The number of nitrogens with one attached hydrogen (secondary N) is 1. The van der Waals surface area contributed by atoms with Crippen molar-refractivity contribution in [2.75, 3.05) is 13.1 Å². The lowest BCUT2D eigenvalue weighted by molar-refractivity contribution is 0.123. The Morgan fingerprint density at radius 3 is 2.87 bits per heavy atom. The van der Waals surface area contributed by atoms with Crippen molar-refractivity contribution >= 4 is 11.3 Å². The molecule has 0 spiro atoms. The number of piperidine rings is 1. The van der Waals surface area contributed by atoms with E-state index >= 15 is 0 Å². The average molecular weight is 227 g/mol. The number of halogens is 1. The van der Waals surface area contributed by atoms with Crippen molar-refractivity contribution in [2.24, 2.45) is 0 Å². The normalized spacial score (nSPS) is 26.8. The molecule has 0 aromatic carbocycles. The van der Waals surface area contributed by atoms with Crippen LogP contribution in [-0.2, 0) is 12.8 Å². The largest absolute Gasteiger partial charge is 0.314 e. The SMILES string of the molecule is CCc1ccc(CC2(F)CCCNC2)s1. The first-order valence-electron chi connectivity index (χ1n) is 5.69. The average Bonchev–Trinajstić information content (AvgIpc) is 2.66. The summed E-state index contributed by atoms with van der Waals surface area (Å²) in [4.78, 5) is 2.55. The van der Waals surface area contributed by atoms with Crippen molar-refractivity contribution in [1.29, 1.82) is 0 Å². The van der Waals surface area contributed by atoms with Gasteiger partial charge in [-0.2, -0.15) is 0 Å². The molecule has 1 aromatic heterocycles. The van der Waals surface area contributed by atoms with E-state index in [9.17, 15) is 4.39 Å². The van der Waals surface area contributed by atoms with Gasteiger partial charge in [-0.05, 0) is 37.9 Å². The first kappa shape index (κ1) is 11.1. The second-order valence-electron chi connectivity index (χ2n) is 4.33. The zero-order valence-corrected chi connectivity index (χ0v) is 10.0. The van der Waals surface area contributed by atoms with Crippen molar-refractivity contribution in [3.8, 4) is 0 Å². The Hall–Kier alpha value is -0.410. The second kappa shape index (κ2) is 4.62. The van der Waals surface area contributed by atoms with E-state index in [0.717, 1.165) is 19.4 Å². The summed E-state index contributed by atoms with van der Waals surface area (Å²) in [5, 5.41) is 3.15. The van der Waals surface area contributed by atoms with Crippen LogP contribution in [0.4, 0.5) is 4.39 Å². The molecule has 84 valence electrons. The van der Waals surface area contributed by atoms with Gasteiger partial charge < -0.3 is 5.32 Å². The minimum atomic E-state index is -1.01. The molecule has 1 unspecified atom stereocenters. The lowest BCUT2D eigenvalue weighted by Gasteiger charge is -2.29. The van der Waals surface area contributed by atoms with Gasteiger partial charge in [0.1, 0.15) is 5.67 Å². The number of hydrogen-bond acceptors (Lipinski definition) is 2. The van der Waals surface area contributed by atoms with Gasteiger partial charge >= 0.3 is 0 Å². The molecule has 0 amide bonds. The van der Waals surface area contributed by atoms with Crippen molar-refractivity contribution in [2.45, 2.75) is 38.3 Å². The molecule has 0 radical (unpaired) electrons. The van der Waals surface area contributed by atoms with E-state index in [2.05, 4.69) is 24.4 Å². The highest BCUT2D eigenvalue weighted by Crippen LogP contribution is 2.29. The van der Waals surface area contributed by atoms with Crippen LogP contribution in [0.25, 0.3) is 0 Å². The third-order valence-electron chi connectivity index (χ3n) is 2.98. The fourth-order valence-electron chi connectivity index (χ4n) is 2.10. The summed E-state index contributed by atoms with van der Waals surface area (Å²) >= 11 is 1.76. The molecule has 1 nitrogen and oxygen atoms in total. The molecular formula is C12H18FNS. The molecule has 15 heavy (non-hydrogen) atoms. The summed E-state index contributed by atoms with van der Waals surface area (Å²) in [7, 11) is 0. The fourth-order valence-corrected chi connectivity index (χ4v) is 3.19. The van der Waals surface area contributed by atoms with Crippen LogP contribution in [0.3, 0.4) is 0 Å². The van der Waals surface area contributed by atoms with Crippen molar-refractivity contribution in [3.63, 3.8) is 0 Å². The molecule has 2 rings (SSSR count). The number of hydrogen-bond donors (Lipinski definition) is 1. The van der Waals surface area contributed by atoms with E-state index in [1.807, 2.05) is 0 Å². The summed E-state index contributed by atoms with van der Waals surface area (Å²) in [5.74, 6) is 0. The summed E-state index contributed by atoms with van der Waals surface area (Å²) in [6.45, 7) is 3.63. The Bertz CT molecular complexity index is 315. The molecule has 1 aliphatic heterocycles. The smallest absolute Gasteiger partial charge is 0.128 e. The van der Waals surface area contributed by atoms with Gasteiger partial charge in [0, 0.05) is 22.7 Å². The summed E-state index contributed by atoms with van der Waals surface area (Å²) in [6.07, 6.45) is 3.31. The monoisotopic (exact) mass is 227 g/mol. The van der Waals surface area contributed by atoms with Crippen LogP contribution >= 0.6 is 11.3 Å². The van der Waals surface area contributed by atoms with Gasteiger partial charge in [-0.25, -0.2) is 4.39 Å². The van der Waals surface area contributed by atoms with Crippen molar-refractivity contribution in [1.82, 2.24) is 5.32 Å². The molecule has 1 fully saturated rings. The third-order valence-corrected chi connectivity index (χ3v) is 4.21. The summed E-state index contributed by atoms with van der Waals surface area (Å²) in [6, 6.07) is 4.21. The standard InChI is InChI=1S/C12H18FNS/c1-2-10-4-5-11(15-10)8-12(13)6-3-7-14-9-12/h4-5,14H,2-3,6-9H2,1H3. The van der Waals surface area contributed by atoms with Gasteiger partial charge in [0.25, 0.3) is 0 Å². The molecule has 0 bridgehead atoms. The fraction of sp³-hybridized carbons (Fsp3) is 0.667. The molecule has 1 N–H and O–H groups in total. The predicted octanol–water partition coefficient (Wildman–Crippen LogP) is 2.94. The van der Waals surface area contributed by atoms with Gasteiger partial charge in [0.15, 0.2) is 0 Å². The maximum atomic E-state index is 14.3. The molecule has 0 saturated carbocycles. The highest BCUT2D eigenvalue weighted by molar-refractivity contribution is 7.12. The zero-order valence-electron chi connectivity index (χ0n) is 9.18. The highest BCUT2D eigenvalue weighted by Gasteiger charge is 2.32. The number of rotatable bonds is 3. The second-order valence-corrected chi connectivity index (χ2v) is 5.58. The molecule has 1 aliphatic rings. The number of alkyl halides is 1. The topological polar surface area (TPSA) is 12.0 Å². The number of thiophene rings is 1. The minimum absolute atomic E-state index is 0.520. The minimum Gasteiger partial charge on any atom is -0.314 e.